The van der Waals surface area contributed by atoms with Gasteiger partial charge >= 0.3 is 0 Å². The zero-order chi connectivity index (χ0) is 21.5. The third kappa shape index (κ3) is 3.97. The van der Waals surface area contributed by atoms with E-state index in [1.54, 1.807) is 29.2 Å². The van der Waals surface area contributed by atoms with Gasteiger partial charge in [0.1, 0.15) is 5.82 Å². The molecule has 2 heterocycles. The van der Waals surface area contributed by atoms with E-state index >= 15 is 0 Å². The Balaban J connectivity index is 1.31. The van der Waals surface area contributed by atoms with Crippen LogP contribution in [0.1, 0.15) is 34.5 Å². The van der Waals surface area contributed by atoms with Crippen molar-refractivity contribution in [2.75, 3.05) is 26.7 Å². The van der Waals surface area contributed by atoms with E-state index in [-0.39, 0.29) is 17.0 Å². The van der Waals surface area contributed by atoms with Gasteiger partial charge in [-0.2, -0.15) is 5.10 Å². The standard InChI is InChI=1S/C24H25FN4O2/c1-28(17-7-8-17)12-16-13-29(14-16)24(31)20-10-15(6-9-21(20)25)11-22-18-4-2-3-5-19(18)23(30)27-26-22/h2-6,9-10,16-17H,7-8,11-14H2,1H3,(H,27,30). The molecule has 31 heavy (non-hydrogen) atoms. The minimum Gasteiger partial charge on any atom is -0.338 e. The minimum absolute atomic E-state index is 0.0974. The molecule has 3 aromatic rings. The molecule has 0 atom stereocenters. The molecule has 0 spiro atoms. The van der Waals surface area contributed by atoms with Gasteiger partial charge in [-0.05, 0) is 43.7 Å². The summed E-state index contributed by atoms with van der Waals surface area (Å²) in [5, 5.41) is 8.03. The number of benzene rings is 2. The van der Waals surface area contributed by atoms with E-state index in [2.05, 4.69) is 22.1 Å². The summed E-state index contributed by atoms with van der Waals surface area (Å²) in [6.45, 7) is 2.33. The molecule has 0 bridgehead atoms. The van der Waals surface area contributed by atoms with Crippen molar-refractivity contribution in [1.29, 1.82) is 0 Å². The molecule has 1 aliphatic carbocycles. The summed E-state index contributed by atoms with van der Waals surface area (Å²) in [7, 11) is 2.14. The lowest BCUT2D eigenvalue weighted by atomic mass is 9.97. The maximum atomic E-state index is 14.5. The Hall–Kier alpha value is -3.06. The predicted octanol–water partition coefficient (Wildman–Crippen LogP) is 2.82. The molecule has 2 aromatic carbocycles. The van der Waals surface area contributed by atoms with Crippen molar-refractivity contribution in [1.82, 2.24) is 20.0 Å². The molecule has 1 amide bonds. The first-order valence-corrected chi connectivity index (χ1v) is 10.7. The number of hydrogen-bond donors (Lipinski definition) is 1. The highest BCUT2D eigenvalue weighted by atomic mass is 19.1. The number of nitrogens with one attached hydrogen (secondary N) is 1. The van der Waals surface area contributed by atoms with Crippen LogP contribution in [0, 0.1) is 11.7 Å². The Morgan fingerprint density at radius 1 is 1.19 bits per heavy atom. The minimum atomic E-state index is -0.508. The van der Waals surface area contributed by atoms with Gasteiger partial charge in [0.2, 0.25) is 0 Å². The van der Waals surface area contributed by atoms with Crippen LogP contribution in [0.5, 0.6) is 0 Å². The van der Waals surface area contributed by atoms with E-state index in [4.69, 9.17) is 0 Å². The Bertz CT molecular complexity index is 1200. The largest absolute Gasteiger partial charge is 0.338 e. The molecule has 1 N–H and O–H groups in total. The molecule has 7 heteroatoms. The molecule has 0 unspecified atom stereocenters. The monoisotopic (exact) mass is 420 g/mol. The van der Waals surface area contributed by atoms with Gasteiger partial charge in [0.05, 0.1) is 16.6 Å². The van der Waals surface area contributed by atoms with E-state index in [1.165, 1.54) is 18.9 Å². The number of carbonyl (C=O) groups is 1. The van der Waals surface area contributed by atoms with Crippen LogP contribution in [0.25, 0.3) is 10.8 Å². The number of aromatic amines is 1. The fraction of sp³-hybridized carbons (Fsp3) is 0.375. The van der Waals surface area contributed by atoms with Crippen LogP contribution in [0.15, 0.2) is 47.3 Å². The Labute approximate surface area is 179 Å². The maximum absolute atomic E-state index is 14.5. The lowest BCUT2D eigenvalue weighted by Crippen LogP contribution is -2.53. The molecule has 1 aliphatic heterocycles. The number of likely N-dealkylation sites (tertiary alicyclic amines) is 1. The second-order valence-electron chi connectivity index (χ2n) is 8.78. The van der Waals surface area contributed by atoms with E-state index in [1.807, 2.05) is 12.1 Å². The lowest BCUT2D eigenvalue weighted by molar-refractivity contribution is 0.0424. The maximum Gasteiger partial charge on any atom is 0.272 e. The van der Waals surface area contributed by atoms with E-state index < -0.39 is 5.82 Å². The molecule has 2 fully saturated rings. The van der Waals surface area contributed by atoms with E-state index in [0.29, 0.717) is 42.6 Å². The molecular weight excluding hydrogens is 395 g/mol. The predicted molar refractivity (Wildman–Crippen MR) is 117 cm³/mol. The van der Waals surface area contributed by atoms with Crippen LogP contribution in [0.3, 0.4) is 0 Å². The Kier molecular flexibility index (Phi) is 5.06. The van der Waals surface area contributed by atoms with Crippen LogP contribution in [0.4, 0.5) is 4.39 Å². The van der Waals surface area contributed by atoms with Crippen molar-refractivity contribution >= 4 is 16.7 Å². The highest BCUT2D eigenvalue weighted by Crippen LogP contribution is 2.28. The van der Waals surface area contributed by atoms with E-state index in [9.17, 15) is 14.0 Å². The smallest absolute Gasteiger partial charge is 0.272 e. The number of nitrogens with zero attached hydrogens (tertiary/aromatic N) is 3. The fourth-order valence-electron chi connectivity index (χ4n) is 4.44. The summed E-state index contributed by atoms with van der Waals surface area (Å²) in [6.07, 6.45) is 2.93. The quantitative estimate of drug-likeness (QED) is 0.666. The van der Waals surface area contributed by atoms with Crippen molar-refractivity contribution < 1.29 is 9.18 Å². The van der Waals surface area contributed by atoms with Gasteiger partial charge in [-0.3, -0.25) is 9.59 Å². The topological polar surface area (TPSA) is 69.3 Å². The number of carbonyl (C=O) groups excluding carboxylic acids is 1. The number of aromatic nitrogens is 2. The second-order valence-corrected chi connectivity index (χ2v) is 8.78. The molecular formula is C24H25FN4O2. The normalized spacial score (nSPS) is 16.7. The molecule has 2 aliphatic rings. The highest BCUT2D eigenvalue weighted by Gasteiger charge is 2.35. The van der Waals surface area contributed by atoms with Crippen molar-refractivity contribution in [3.8, 4) is 0 Å². The van der Waals surface area contributed by atoms with Gasteiger partial charge in [-0.25, -0.2) is 9.49 Å². The van der Waals surface area contributed by atoms with Crippen LogP contribution in [0.2, 0.25) is 0 Å². The second kappa shape index (κ2) is 7.89. The van der Waals surface area contributed by atoms with Crippen LogP contribution < -0.4 is 5.56 Å². The summed E-state index contributed by atoms with van der Waals surface area (Å²) >= 11 is 0. The third-order valence-electron chi connectivity index (χ3n) is 6.37. The number of H-pyrrole nitrogens is 1. The number of halogens is 1. The van der Waals surface area contributed by atoms with Crippen molar-refractivity contribution in [3.05, 3.63) is 75.5 Å². The zero-order valence-electron chi connectivity index (χ0n) is 17.5. The molecule has 1 saturated carbocycles. The first-order valence-electron chi connectivity index (χ1n) is 10.7. The summed E-state index contributed by atoms with van der Waals surface area (Å²) in [5.74, 6) is -0.312. The molecule has 1 saturated heterocycles. The summed E-state index contributed by atoms with van der Waals surface area (Å²) in [6, 6.07) is 12.6. The highest BCUT2D eigenvalue weighted by molar-refractivity contribution is 5.95. The number of fused-ring (bicyclic) bond motifs is 1. The van der Waals surface area contributed by atoms with Crippen LogP contribution in [-0.4, -0.2) is 58.6 Å². The van der Waals surface area contributed by atoms with Gasteiger partial charge in [0.15, 0.2) is 0 Å². The van der Waals surface area contributed by atoms with Gasteiger partial charge in [-0.15, -0.1) is 0 Å². The average molecular weight is 420 g/mol. The lowest BCUT2D eigenvalue weighted by Gasteiger charge is -2.41. The summed E-state index contributed by atoms with van der Waals surface area (Å²) in [4.78, 5) is 29.0. The molecule has 5 rings (SSSR count). The molecule has 1 aromatic heterocycles. The van der Waals surface area contributed by atoms with Crippen molar-refractivity contribution in [2.45, 2.75) is 25.3 Å². The summed E-state index contributed by atoms with van der Waals surface area (Å²) in [5.41, 5.74) is 1.32. The Morgan fingerprint density at radius 3 is 2.68 bits per heavy atom. The van der Waals surface area contributed by atoms with Gasteiger partial charge in [-0.1, -0.05) is 24.3 Å². The SMILES string of the molecule is CN(CC1CN(C(=O)c2cc(Cc3n[nH]c(=O)c4ccccc34)ccc2F)C1)C1CC1. The summed E-state index contributed by atoms with van der Waals surface area (Å²) < 4.78 is 14.5. The number of hydrogen-bond acceptors (Lipinski definition) is 4. The Morgan fingerprint density at radius 2 is 1.94 bits per heavy atom. The molecule has 160 valence electrons. The fourth-order valence-corrected chi connectivity index (χ4v) is 4.44. The number of amides is 1. The third-order valence-corrected chi connectivity index (χ3v) is 6.37. The first-order chi connectivity index (χ1) is 15.0. The van der Waals surface area contributed by atoms with Crippen LogP contribution >= 0.6 is 0 Å². The average Bonchev–Trinajstić information content (AvgIpc) is 3.59. The zero-order valence-corrected chi connectivity index (χ0v) is 17.5. The van der Waals surface area contributed by atoms with E-state index in [0.717, 1.165) is 17.5 Å². The molecule has 6 nitrogen and oxygen atoms in total. The number of rotatable bonds is 6. The van der Waals surface area contributed by atoms with Gasteiger partial charge < -0.3 is 9.80 Å². The van der Waals surface area contributed by atoms with Gasteiger partial charge in [0, 0.05) is 43.4 Å². The van der Waals surface area contributed by atoms with Crippen LogP contribution in [-0.2, 0) is 6.42 Å². The van der Waals surface area contributed by atoms with Crippen molar-refractivity contribution in [3.63, 3.8) is 0 Å². The van der Waals surface area contributed by atoms with Crippen molar-refractivity contribution in [2.24, 2.45) is 5.92 Å². The molecule has 0 radical (unpaired) electrons. The first kappa shape index (κ1) is 19.9. The van der Waals surface area contributed by atoms with Gasteiger partial charge in [0.25, 0.3) is 11.5 Å².